The number of carbonyl (C=O) groups is 1. The first-order valence-electron chi connectivity index (χ1n) is 9.24. The van der Waals surface area contributed by atoms with Crippen LogP contribution in [0.4, 0.5) is 11.4 Å². The molecule has 1 saturated heterocycles. The van der Waals surface area contributed by atoms with Gasteiger partial charge in [0.05, 0.1) is 17.3 Å². The second-order valence-electron chi connectivity index (χ2n) is 6.80. The molecule has 2 aliphatic rings. The Morgan fingerprint density at radius 2 is 1.68 bits per heavy atom. The van der Waals surface area contributed by atoms with Crippen LogP contribution in [0.5, 0.6) is 17.2 Å². The van der Waals surface area contributed by atoms with E-state index in [0.717, 1.165) is 31.9 Å². The van der Waals surface area contributed by atoms with Gasteiger partial charge in [0.1, 0.15) is 19.0 Å². The molecule has 2 N–H and O–H groups in total. The largest absolute Gasteiger partial charge is 0.508 e. The number of halogens is 1. The van der Waals surface area contributed by atoms with Crippen molar-refractivity contribution in [3.05, 3.63) is 41.4 Å². The van der Waals surface area contributed by atoms with Gasteiger partial charge in [-0.05, 0) is 24.3 Å². The van der Waals surface area contributed by atoms with Gasteiger partial charge >= 0.3 is 0 Å². The molecule has 0 spiro atoms. The van der Waals surface area contributed by atoms with Gasteiger partial charge in [0.25, 0.3) is 0 Å². The van der Waals surface area contributed by atoms with E-state index in [1.54, 1.807) is 24.3 Å². The van der Waals surface area contributed by atoms with Crippen LogP contribution < -0.4 is 19.7 Å². The van der Waals surface area contributed by atoms with E-state index in [9.17, 15) is 9.90 Å². The molecule has 7 nitrogen and oxygen atoms in total. The molecule has 4 rings (SSSR count). The Hall–Kier alpha value is -2.64. The maximum Gasteiger partial charge on any atom is 0.238 e. The number of aromatic hydroxyl groups is 1. The molecular weight excluding hydrogens is 382 g/mol. The molecule has 1 fully saturated rings. The van der Waals surface area contributed by atoms with Gasteiger partial charge in [-0.15, -0.1) is 0 Å². The molecule has 0 unspecified atom stereocenters. The quantitative estimate of drug-likeness (QED) is 0.817. The zero-order chi connectivity index (χ0) is 19.5. The lowest BCUT2D eigenvalue weighted by molar-refractivity contribution is -0.117. The van der Waals surface area contributed by atoms with Gasteiger partial charge in [0, 0.05) is 44.0 Å². The van der Waals surface area contributed by atoms with Crippen molar-refractivity contribution in [3.63, 3.8) is 0 Å². The fourth-order valence-electron chi connectivity index (χ4n) is 3.38. The lowest BCUT2D eigenvalue weighted by atomic mass is 10.2. The third-order valence-corrected chi connectivity index (χ3v) is 5.17. The van der Waals surface area contributed by atoms with E-state index in [4.69, 9.17) is 21.1 Å². The molecular formula is C20H22ClN3O4. The number of nitrogens with zero attached hydrogens (tertiary/aromatic N) is 2. The highest BCUT2D eigenvalue weighted by molar-refractivity contribution is 6.34. The predicted octanol–water partition coefficient (Wildman–Crippen LogP) is 2.58. The minimum absolute atomic E-state index is 0.114. The van der Waals surface area contributed by atoms with Crippen LogP contribution in [0.1, 0.15) is 0 Å². The molecule has 1 amide bonds. The third kappa shape index (κ3) is 4.26. The molecule has 0 bridgehead atoms. The summed E-state index contributed by atoms with van der Waals surface area (Å²) < 4.78 is 11.0. The Labute approximate surface area is 168 Å². The number of anilines is 2. The van der Waals surface area contributed by atoms with Crippen LogP contribution in [-0.2, 0) is 4.79 Å². The van der Waals surface area contributed by atoms with E-state index in [1.165, 1.54) is 0 Å². The molecule has 0 aromatic heterocycles. The predicted molar refractivity (Wildman–Crippen MR) is 108 cm³/mol. The Balaban J connectivity index is 1.31. The average molecular weight is 404 g/mol. The zero-order valence-corrected chi connectivity index (χ0v) is 16.1. The molecule has 2 heterocycles. The number of hydrogen-bond donors (Lipinski definition) is 2. The first kappa shape index (κ1) is 18.7. The topological polar surface area (TPSA) is 74.3 Å². The fraction of sp³-hybridized carbons (Fsp3) is 0.350. The first-order valence-corrected chi connectivity index (χ1v) is 9.61. The second-order valence-corrected chi connectivity index (χ2v) is 7.21. The number of fused-ring (bicyclic) bond motifs is 1. The van der Waals surface area contributed by atoms with E-state index in [1.807, 2.05) is 12.1 Å². The SMILES string of the molecule is O=C(CN1CCN(c2ccc(O)cc2)CC1)Nc1cc2c(cc1Cl)OCCO2. The van der Waals surface area contributed by atoms with E-state index < -0.39 is 0 Å². The van der Waals surface area contributed by atoms with Gasteiger partial charge in [-0.3, -0.25) is 9.69 Å². The third-order valence-electron chi connectivity index (χ3n) is 4.86. The molecule has 2 aliphatic heterocycles. The van der Waals surface area contributed by atoms with E-state index in [2.05, 4.69) is 15.1 Å². The highest BCUT2D eigenvalue weighted by Gasteiger charge is 2.21. The summed E-state index contributed by atoms with van der Waals surface area (Å²) in [6.07, 6.45) is 0. The Bertz CT molecular complexity index is 851. The monoisotopic (exact) mass is 403 g/mol. The molecule has 2 aromatic carbocycles. The van der Waals surface area contributed by atoms with Crippen molar-refractivity contribution in [2.75, 3.05) is 56.2 Å². The minimum Gasteiger partial charge on any atom is -0.508 e. The molecule has 0 saturated carbocycles. The summed E-state index contributed by atoms with van der Waals surface area (Å²) in [4.78, 5) is 16.8. The minimum atomic E-state index is -0.114. The van der Waals surface area contributed by atoms with Crippen molar-refractivity contribution in [2.24, 2.45) is 0 Å². The average Bonchev–Trinajstić information content (AvgIpc) is 2.70. The molecule has 0 radical (unpaired) electrons. The summed E-state index contributed by atoms with van der Waals surface area (Å²) in [5, 5.41) is 12.7. The molecule has 0 aliphatic carbocycles. The second kappa shape index (κ2) is 8.16. The van der Waals surface area contributed by atoms with Crippen molar-refractivity contribution in [1.82, 2.24) is 4.90 Å². The summed E-state index contributed by atoms with van der Waals surface area (Å²) in [6.45, 7) is 4.48. The molecule has 8 heteroatoms. The van der Waals surface area contributed by atoms with E-state index >= 15 is 0 Å². The van der Waals surface area contributed by atoms with Gasteiger partial charge < -0.3 is 24.8 Å². The van der Waals surface area contributed by atoms with Crippen molar-refractivity contribution in [1.29, 1.82) is 0 Å². The van der Waals surface area contributed by atoms with Crippen molar-refractivity contribution in [2.45, 2.75) is 0 Å². The van der Waals surface area contributed by atoms with Gasteiger partial charge in [-0.25, -0.2) is 0 Å². The van der Waals surface area contributed by atoms with Crippen LogP contribution in [0.3, 0.4) is 0 Å². The van der Waals surface area contributed by atoms with Crippen molar-refractivity contribution < 1.29 is 19.4 Å². The number of carbonyl (C=O) groups excluding carboxylic acids is 1. The van der Waals surface area contributed by atoms with Gasteiger partial charge in [-0.2, -0.15) is 0 Å². The van der Waals surface area contributed by atoms with Crippen molar-refractivity contribution in [3.8, 4) is 17.2 Å². The van der Waals surface area contributed by atoms with Gasteiger partial charge in [0.15, 0.2) is 11.5 Å². The molecule has 148 valence electrons. The molecule has 28 heavy (non-hydrogen) atoms. The number of amides is 1. The van der Waals surface area contributed by atoms with Crippen LogP contribution in [0.2, 0.25) is 5.02 Å². The number of rotatable bonds is 4. The van der Waals surface area contributed by atoms with Gasteiger partial charge in [0.2, 0.25) is 5.91 Å². The zero-order valence-electron chi connectivity index (χ0n) is 15.4. The Kier molecular flexibility index (Phi) is 5.45. The number of piperazine rings is 1. The fourth-order valence-corrected chi connectivity index (χ4v) is 3.58. The Morgan fingerprint density at radius 1 is 1.04 bits per heavy atom. The standard InChI is InChI=1S/C20H22ClN3O4/c21-16-11-18-19(28-10-9-27-18)12-17(16)22-20(26)13-23-5-7-24(8-6-23)14-1-3-15(25)4-2-14/h1-4,11-12,25H,5-10,13H2,(H,22,26). The summed E-state index contributed by atoms with van der Waals surface area (Å²) in [7, 11) is 0. The maximum absolute atomic E-state index is 12.5. The summed E-state index contributed by atoms with van der Waals surface area (Å²) >= 11 is 6.26. The van der Waals surface area contributed by atoms with Crippen LogP contribution >= 0.6 is 11.6 Å². The van der Waals surface area contributed by atoms with Crippen LogP contribution in [0.15, 0.2) is 36.4 Å². The van der Waals surface area contributed by atoms with E-state index in [-0.39, 0.29) is 11.7 Å². The number of nitrogens with one attached hydrogen (secondary N) is 1. The van der Waals surface area contributed by atoms with Crippen LogP contribution in [0, 0.1) is 0 Å². The first-order chi connectivity index (χ1) is 13.6. The van der Waals surface area contributed by atoms with Crippen LogP contribution in [0.25, 0.3) is 0 Å². The molecule has 0 atom stereocenters. The summed E-state index contributed by atoms with van der Waals surface area (Å²) in [5.41, 5.74) is 1.60. The van der Waals surface area contributed by atoms with E-state index in [0.29, 0.717) is 42.0 Å². The van der Waals surface area contributed by atoms with Gasteiger partial charge in [-0.1, -0.05) is 11.6 Å². The Morgan fingerprint density at radius 3 is 2.36 bits per heavy atom. The highest BCUT2D eigenvalue weighted by atomic mass is 35.5. The lowest BCUT2D eigenvalue weighted by Crippen LogP contribution is -2.48. The number of phenols is 1. The lowest BCUT2D eigenvalue weighted by Gasteiger charge is -2.35. The number of phenolic OH excluding ortho intramolecular Hbond substituents is 1. The molecule has 2 aromatic rings. The smallest absolute Gasteiger partial charge is 0.238 e. The van der Waals surface area contributed by atoms with Crippen LogP contribution in [-0.4, -0.2) is 61.9 Å². The summed E-state index contributed by atoms with van der Waals surface area (Å²) in [6, 6.07) is 10.6. The number of ether oxygens (including phenoxy) is 2. The number of hydrogen-bond acceptors (Lipinski definition) is 6. The maximum atomic E-state index is 12.5. The number of benzene rings is 2. The summed E-state index contributed by atoms with van der Waals surface area (Å²) in [5.74, 6) is 1.33. The normalized spacial score (nSPS) is 16.7. The van der Waals surface area contributed by atoms with Crippen molar-refractivity contribution >= 4 is 28.9 Å². The highest BCUT2D eigenvalue weighted by Crippen LogP contribution is 2.37.